The maximum absolute atomic E-state index is 3.63. The Morgan fingerprint density at radius 2 is 1.10 bits per heavy atom. The largest absolute Gasteiger partial charge is 0.0985 e. The van der Waals surface area contributed by atoms with Gasteiger partial charge in [-0.3, -0.25) is 0 Å². The Balaban J connectivity index is 0.000000388. The average molecular weight is 274 g/mol. The molecule has 0 spiro atoms. The van der Waals surface area contributed by atoms with E-state index in [1.54, 1.807) is 0 Å². The Hall–Kier alpha value is -1.04. The van der Waals surface area contributed by atoms with Gasteiger partial charge in [-0.05, 0) is 5.56 Å². The minimum atomic E-state index is 1.17. The second-order valence-electron chi connectivity index (χ2n) is 5.44. The lowest BCUT2D eigenvalue weighted by atomic mass is 10.1. The first-order chi connectivity index (χ1) is 9.85. The summed E-state index contributed by atoms with van der Waals surface area (Å²) in [6.45, 7) is 8.19. The molecule has 0 N–H and O–H groups in total. The van der Waals surface area contributed by atoms with Crippen LogP contribution in [-0.2, 0) is 0 Å². The van der Waals surface area contributed by atoms with E-state index in [2.05, 4.69) is 20.4 Å². The predicted octanol–water partition coefficient (Wildman–Crippen LogP) is 7.26. The lowest BCUT2D eigenvalue weighted by molar-refractivity contribution is 0.562. The van der Waals surface area contributed by atoms with Gasteiger partial charge in [0.05, 0.1) is 0 Å². The first kappa shape index (κ1) is 19.0. The van der Waals surface area contributed by atoms with Gasteiger partial charge in [0.15, 0.2) is 0 Å². The summed E-state index contributed by atoms with van der Waals surface area (Å²) in [4.78, 5) is 0. The van der Waals surface area contributed by atoms with Crippen molar-refractivity contribution in [1.29, 1.82) is 0 Å². The van der Waals surface area contributed by atoms with Gasteiger partial charge >= 0.3 is 0 Å². The molecule has 0 aliphatic heterocycles. The molecule has 0 heteroatoms. The van der Waals surface area contributed by atoms with Crippen molar-refractivity contribution in [1.82, 2.24) is 0 Å². The molecule has 0 nitrogen and oxygen atoms in total. The molecule has 0 atom stereocenters. The molecule has 1 aromatic carbocycles. The Kier molecular flexibility index (Phi) is 15.2. The predicted molar refractivity (Wildman–Crippen MR) is 94.1 cm³/mol. The summed E-state index contributed by atoms with van der Waals surface area (Å²) in [5, 5.41) is 0. The molecule has 0 aliphatic rings. The Labute approximate surface area is 127 Å². The van der Waals surface area contributed by atoms with E-state index >= 15 is 0 Å². The van der Waals surface area contributed by atoms with Crippen LogP contribution in [0, 0.1) is 0 Å². The lowest BCUT2D eigenvalue weighted by Crippen LogP contribution is -1.80. The number of unbranched alkanes of at least 4 members (excludes halogenated alkanes) is 9. The van der Waals surface area contributed by atoms with Crippen molar-refractivity contribution in [3.63, 3.8) is 0 Å². The van der Waals surface area contributed by atoms with Gasteiger partial charge in [-0.1, -0.05) is 121 Å². The van der Waals surface area contributed by atoms with Gasteiger partial charge in [0.1, 0.15) is 0 Å². The molecule has 114 valence electrons. The highest BCUT2D eigenvalue weighted by Gasteiger charge is 1.90. The van der Waals surface area contributed by atoms with E-state index in [1.807, 2.05) is 36.4 Å². The third kappa shape index (κ3) is 13.4. The van der Waals surface area contributed by atoms with Crippen molar-refractivity contribution in [2.45, 2.75) is 78.1 Å². The molecule has 20 heavy (non-hydrogen) atoms. The van der Waals surface area contributed by atoms with E-state index in [4.69, 9.17) is 0 Å². The van der Waals surface area contributed by atoms with Gasteiger partial charge in [0.2, 0.25) is 0 Å². The molecule has 0 fully saturated rings. The molecule has 0 unspecified atom stereocenters. The van der Waals surface area contributed by atoms with Crippen LogP contribution in [0.25, 0.3) is 6.08 Å². The van der Waals surface area contributed by atoms with Crippen LogP contribution in [0.4, 0.5) is 0 Å². The van der Waals surface area contributed by atoms with Crippen molar-refractivity contribution in [2.75, 3.05) is 0 Å². The fourth-order valence-electron chi connectivity index (χ4n) is 2.15. The topological polar surface area (TPSA) is 0 Å². The molecule has 0 saturated heterocycles. The fraction of sp³-hybridized carbons (Fsp3) is 0.600. The van der Waals surface area contributed by atoms with E-state index in [0.717, 1.165) is 0 Å². The van der Waals surface area contributed by atoms with Crippen LogP contribution in [0.2, 0.25) is 0 Å². The van der Waals surface area contributed by atoms with Gasteiger partial charge < -0.3 is 0 Å². The van der Waals surface area contributed by atoms with Crippen LogP contribution in [0.15, 0.2) is 36.9 Å². The second kappa shape index (κ2) is 16.0. The normalized spacial score (nSPS) is 9.70. The average Bonchev–Trinajstić information content (AvgIpc) is 2.51. The fourth-order valence-corrected chi connectivity index (χ4v) is 2.15. The Morgan fingerprint density at radius 1 is 0.700 bits per heavy atom. The maximum Gasteiger partial charge on any atom is -0.0263 e. The molecule has 0 aliphatic carbocycles. The van der Waals surface area contributed by atoms with E-state index in [9.17, 15) is 0 Å². The molecular weight excluding hydrogens is 240 g/mol. The second-order valence-corrected chi connectivity index (χ2v) is 5.44. The van der Waals surface area contributed by atoms with Gasteiger partial charge in [-0.25, -0.2) is 0 Å². The molecular formula is C20H34. The standard InChI is InChI=1S/C12H26.C8H8/c1-3-5-7-9-11-12-10-8-6-4-2;1-2-8-6-4-3-5-7-8/h3-12H2,1-2H3;2-7H,1H2. The number of benzene rings is 1. The highest BCUT2D eigenvalue weighted by Crippen LogP contribution is 2.09. The quantitative estimate of drug-likeness (QED) is 0.394. The zero-order valence-electron chi connectivity index (χ0n) is 13.7. The summed E-state index contributed by atoms with van der Waals surface area (Å²) in [6.07, 6.45) is 16.3. The Morgan fingerprint density at radius 3 is 1.40 bits per heavy atom. The van der Waals surface area contributed by atoms with Crippen LogP contribution in [0.5, 0.6) is 0 Å². The van der Waals surface area contributed by atoms with Crippen LogP contribution >= 0.6 is 0 Å². The zero-order valence-corrected chi connectivity index (χ0v) is 13.7. The summed E-state index contributed by atoms with van der Waals surface area (Å²) in [6, 6.07) is 10.0. The van der Waals surface area contributed by atoms with Gasteiger partial charge in [0.25, 0.3) is 0 Å². The summed E-state index contributed by atoms with van der Waals surface area (Å²) in [5.41, 5.74) is 1.17. The van der Waals surface area contributed by atoms with E-state index in [0.29, 0.717) is 0 Å². The minimum Gasteiger partial charge on any atom is -0.0985 e. The van der Waals surface area contributed by atoms with Crippen molar-refractivity contribution in [3.8, 4) is 0 Å². The highest BCUT2D eigenvalue weighted by molar-refractivity contribution is 5.45. The van der Waals surface area contributed by atoms with Gasteiger partial charge in [-0.2, -0.15) is 0 Å². The number of hydrogen-bond donors (Lipinski definition) is 0. The van der Waals surface area contributed by atoms with Crippen LogP contribution < -0.4 is 0 Å². The lowest BCUT2D eigenvalue weighted by Gasteiger charge is -1.99. The van der Waals surface area contributed by atoms with Crippen LogP contribution in [0.3, 0.4) is 0 Å². The van der Waals surface area contributed by atoms with E-state index in [1.165, 1.54) is 69.8 Å². The molecule has 0 saturated carbocycles. The number of rotatable bonds is 10. The maximum atomic E-state index is 3.63. The van der Waals surface area contributed by atoms with Crippen molar-refractivity contribution < 1.29 is 0 Å². The van der Waals surface area contributed by atoms with Crippen molar-refractivity contribution in [2.24, 2.45) is 0 Å². The monoisotopic (exact) mass is 274 g/mol. The molecule has 0 amide bonds. The third-order valence-corrected chi connectivity index (χ3v) is 3.49. The van der Waals surface area contributed by atoms with Gasteiger partial charge in [0, 0.05) is 0 Å². The van der Waals surface area contributed by atoms with Crippen LogP contribution in [0.1, 0.15) is 83.6 Å². The highest BCUT2D eigenvalue weighted by atomic mass is 14.0. The van der Waals surface area contributed by atoms with Crippen molar-refractivity contribution in [3.05, 3.63) is 42.5 Å². The van der Waals surface area contributed by atoms with E-state index in [-0.39, 0.29) is 0 Å². The molecule has 1 aromatic rings. The van der Waals surface area contributed by atoms with E-state index < -0.39 is 0 Å². The SMILES string of the molecule is C=Cc1ccccc1.CCCCCCCCCCCC. The molecule has 0 aromatic heterocycles. The summed E-state index contributed by atoms with van der Waals surface area (Å²) >= 11 is 0. The van der Waals surface area contributed by atoms with Crippen LogP contribution in [-0.4, -0.2) is 0 Å². The molecule has 0 radical (unpaired) electrons. The zero-order chi connectivity index (χ0) is 14.9. The third-order valence-electron chi connectivity index (χ3n) is 3.49. The number of hydrogen-bond acceptors (Lipinski definition) is 0. The van der Waals surface area contributed by atoms with Gasteiger partial charge in [-0.15, -0.1) is 0 Å². The molecule has 1 rings (SSSR count). The first-order valence-corrected chi connectivity index (χ1v) is 8.52. The molecule has 0 heterocycles. The summed E-state index contributed by atoms with van der Waals surface area (Å²) in [7, 11) is 0. The smallest absolute Gasteiger partial charge is 0.0263 e. The van der Waals surface area contributed by atoms with Crippen molar-refractivity contribution >= 4 is 6.08 Å². The first-order valence-electron chi connectivity index (χ1n) is 8.52. The molecule has 0 bridgehead atoms. The summed E-state index contributed by atoms with van der Waals surface area (Å²) < 4.78 is 0. The Bertz CT molecular complexity index is 276. The minimum absolute atomic E-state index is 1.17. The summed E-state index contributed by atoms with van der Waals surface area (Å²) in [5.74, 6) is 0.